The van der Waals surface area contributed by atoms with Gasteiger partial charge in [0.1, 0.15) is 0 Å². The first-order valence-corrected chi connectivity index (χ1v) is 7.58. The number of aryl methyl sites for hydroxylation is 3. The molecule has 0 spiro atoms. The molecule has 0 saturated carbocycles. The van der Waals surface area contributed by atoms with E-state index < -0.39 is 6.10 Å². The second-order valence-electron chi connectivity index (χ2n) is 6.21. The Hall–Kier alpha value is -0.510. The molecule has 0 heterocycles. The van der Waals surface area contributed by atoms with E-state index in [2.05, 4.69) is 53.7 Å². The maximum Gasteiger partial charge on any atom is 0.0930 e. The molecule has 1 aromatic rings. The van der Waals surface area contributed by atoms with Gasteiger partial charge in [-0.1, -0.05) is 38.5 Å². The third kappa shape index (κ3) is 4.51. The molecule has 108 valence electrons. The van der Waals surface area contributed by atoms with E-state index in [1.807, 2.05) is 0 Å². The number of aliphatic hydroxyl groups excluding tert-OH is 2. The lowest BCUT2D eigenvalue weighted by atomic mass is 9.95. The summed E-state index contributed by atoms with van der Waals surface area (Å²) >= 11 is 1.71. The first-order chi connectivity index (χ1) is 8.65. The first-order valence-electron chi connectivity index (χ1n) is 6.70. The van der Waals surface area contributed by atoms with Gasteiger partial charge in [-0.05, 0) is 37.5 Å². The summed E-state index contributed by atoms with van der Waals surface area (Å²) in [6.07, 6.45) is -0.732. The molecule has 0 fully saturated rings. The van der Waals surface area contributed by atoms with Crippen LogP contribution in [0.25, 0.3) is 0 Å². The van der Waals surface area contributed by atoms with Crippen LogP contribution in [0.5, 0.6) is 0 Å². The topological polar surface area (TPSA) is 40.5 Å². The molecule has 0 radical (unpaired) electrons. The molecule has 1 rings (SSSR count). The van der Waals surface area contributed by atoms with Crippen LogP contribution in [-0.2, 0) is 0 Å². The van der Waals surface area contributed by atoms with Gasteiger partial charge in [0.15, 0.2) is 0 Å². The van der Waals surface area contributed by atoms with E-state index in [4.69, 9.17) is 0 Å². The van der Waals surface area contributed by atoms with Gasteiger partial charge in [-0.2, -0.15) is 0 Å². The van der Waals surface area contributed by atoms with Crippen LogP contribution in [0.1, 0.15) is 48.3 Å². The highest BCUT2D eigenvalue weighted by Gasteiger charge is 2.29. The van der Waals surface area contributed by atoms with Gasteiger partial charge in [0, 0.05) is 4.75 Å². The summed E-state index contributed by atoms with van der Waals surface area (Å²) in [5, 5.41) is 19.4. The number of hydrogen-bond acceptors (Lipinski definition) is 3. The fourth-order valence-electron chi connectivity index (χ4n) is 2.45. The average molecular weight is 282 g/mol. The van der Waals surface area contributed by atoms with Crippen LogP contribution in [0.3, 0.4) is 0 Å². The summed E-state index contributed by atoms with van der Waals surface area (Å²) in [6.45, 7) is 12.4. The van der Waals surface area contributed by atoms with E-state index in [9.17, 15) is 10.2 Å². The number of rotatable bonds is 4. The highest BCUT2D eigenvalue weighted by Crippen LogP contribution is 2.43. The van der Waals surface area contributed by atoms with E-state index >= 15 is 0 Å². The second-order valence-corrected chi connectivity index (χ2v) is 8.18. The minimum Gasteiger partial charge on any atom is -0.394 e. The Balaban J connectivity index is 3.25. The molecule has 3 heteroatoms. The minimum atomic E-state index is -0.732. The molecule has 19 heavy (non-hydrogen) atoms. The smallest absolute Gasteiger partial charge is 0.0930 e. The van der Waals surface area contributed by atoms with Crippen LogP contribution in [0.2, 0.25) is 0 Å². The van der Waals surface area contributed by atoms with Gasteiger partial charge in [0.25, 0.3) is 0 Å². The Morgan fingerprint density at radius 2 is 1.58 bits per heavy atom. The number of aliphatic hydroxyl groups is 2. The largest absolute Gasteiger partial charge is 0.394 e. The van der Waals surface area contributed by atoms with Crippen molar-refractivity contribution in [3.63, 3.8) is 0 Å². The van der Waals surface area contributed by atoms with Crippen molar-refractivity contribution in [3.05, 3.63) is 34.4 Å². The zero-order valence-electron chi connectivity index (χ0n) is 12.8. The van der Waals surface area contributed by atoms with Crippen molar-refractivity contribution < 1.29 is 10.2 Å². The molecule has 0 amide bonds. The molecule has 0 unspecified atom stereocenters. The first kappa shape index (κ1) is 16.5. The monoisotopic (exact) mass is 282 g/mol. The summed E-state index contributed by atoms with van der Waals surface area (Å²) in [4.78, 5) is 0. The lowest BCUT2D eigenvalue weighted by molar-refractivity contribution is 0.0926. The molecule has 1 aromatic carbocycles. The van der Waals surface area contributed by atoms with Crippen molar-refractivity contribution in [2.24, 2.45) is 0 Å². The molecule has 2 nitrogen and oxygen atoms in total. The zero-order valence-corrected chi connectivity index (χ0v) is 13.6. The second kappa shape index (κ2) is 6.29. The van der Waals surface area contributed by atoms with E-state index in [-0.39, 0.29) is 16.6 Å². The summed E-state index contributed by atoms with van der Waals surface area (Å²) < 4.78 is 0.0323. The predicted octanol–water partition coefficient (Wildman–Crippen LogP) is 3.54. The van der Waals surface area contributed by atoms with Crippen LogP contribution in [0.4, 0.5) is 0 Å². The maximum atomic E-state index is 10.2. The molecular formula is C16H26O2S. The molecule has 0 aromatic heterocycles. The van der Waals surface area contributed by atoms with Crippen molar-refractivity contribution in [1.29, 1.82) is 0 Å². The quantitative estimate of drug-likeness (QED) is 0.887. The van der Waals surface area contributed by atoms with Crippen LogP contribution < -0.4 is 0 Å². The van der Waals surface area contributed by atoms with Gasteiger partial charge in [0.05, 0.1) is 18.0 Å². The third-order valence-electron chi connectivity index (χ3n) is 3.04. The molecule has 0 aliphatic heterocycles. The molecular weight excluding hydrogens is 256 g/mol. The Kier molecular flexibility index (Phi) is 5.48. The summed E-state index contributed by atoms with van der Waals surface area (Å²) in [7, 11) is 0. The number of thioether (sulfide) groups is 1. The van der Waals surface area contributed by atoms with Crippen molar-refractivity contribution in [2.45, 2.75) is 57.6 Å². The molecule has 2 atom stereocenters. The normalized spacial score (nSPS) is 15.4. The Bertz CT molecular complexity index is 412. The Labute approximate surface area is 121 Å². The molecule has 0 aliphatic carbocycles. The van der Waals surface area contributed by atoms with Gasteiger partial charge in [0.2, 0.25) is 0 Å². The number of benzene rings is 1. The zero-order chi connectivity index (χ0) is 14.8. The lowest BCUT2D eigenvalue weighted by Crippen LogP contribution is -2.25. The molecule has 0 aliphatic rings. The maximum absolute atomic E-state index is 10.2. The number of hydrogen-bond donors (Lipinski definition) is 2. The molecule has 0 bridgehead atoms. The predicted molar refractivity (Wildman–Crippen MR) is 83.8 cm³/mol. The highest BCUT2D eigenvalue weighted by atomic mass is 32.2. The van der Waals surface area contributed by atoms with E-state index in [1.165, 1.54) is 16.7 Å². The summed E-state index contributed by atoms with van der Waals surface area (Å²) in [5.74, 6) is 0. The fourth-order valence-corrected chi connectivity index (χ4v) is 3.94. The Morgan fingerprint density at radius 3 is 1.95 bits per heavy atom. The van der Waals surface area contributed by atoms with Crippen molar-refractivity contribution >= 4 is 11.8 Å². The molecule has 2 N–H and O–H groups in total. The Morgan fingerprint density at radius 1 is 1.11 bits per heavy atom. The van der Waals surface area contributed by atoms with Crippen molar-refractivity contribution in [2.75, 3.05) is 6.61 Å². The van der Waals surface area contributed by atoms with Gasteiger partial charge >= 0.3 is 0 Å². The summed E-state index contributed by atoms with van der Waals surface area (Å²) in [5.41, 5.74) is 4.77. The van der Waals surface area contributed by atoms with Gasteiger partial charge in [-0.15, -0.1) is 11.8 Å². The molecule has 0 saturated heterocycles. The average Bonchev–Trinajstić information content (AvgIpc) is 2.23. The van der Waals surface area contributed by atoms with E-state index in [1.54, 1.807) is 11.8 Å². The highest BCUT2D eigenvalue weighted by molar-refractivity contribution is 8.00. The van der Waals surface area contributed by atoms with Crippen LogP contribution >= 0.6 is 11.8 Å². The fraction of sp³-hybridized carbons (Fsp3) is 0.625. The third-order valence-corrected chi connectivity index (χ3v) is 4.55. The minimum absolute atomic E-state index is 0.0323. The van der Waals surface area contributed by atoms with E-state index in [0.29, 0.717) is 0 Å². The van der Waals surface area contributed by atoms with E-state index in [0.717, 1.165) is 5.56 Å². The van der Waals surface area contributed by atoms with Crippen LogP contribution in [0.15, 0.2) is 12.1 Å². The standard InChI is InChI=1S/C16H26O2S/c1-10-7-11(2)14(12(3)8-10)15(13(18)9-17)19-16(4,5)6/h7-8,13,15,17-18H,9H2,1-6H3/t13-,15+/m1/s1. The van der Waals surface area contributed by atoms with Crippen LogP contribution in [0, 0.1) is 20.8 Å². The van der Waals surface area contributed by atoms with Gasteiger partial charge in [-0.3, -0.25) is 0 Å². The van der Waals surface area contributed by atoms with Crippen molar-refractivity contribution in [3.8, 4) is 0 Å². The van der Waals surface area contributed by atoms with Gasteiger partial charge < -0.3 is 10.2 Å². The lowest BCUT2D eigenvalue weighted by Gasteiger charge is -2.31. The van der Waals surface area contributed by atoms with Crippen LogP contribution in [-0.4, -0.2) is 27.7 Å². The van der Waals surface area contributed by atoms with Gasteiger partial charge in [-0.25, -0.2) is 0 Å². The summed E-state index contributed by atoms with van der Waals surface area (Å²) in [6, 6.07) is 4.28. The SMILES string of the molecule is Cc1cc(C)c([C@@H](SC(C)(C)C)[C@H](O)CO)c(C)c1. The van der Waals surface area contributed by atoms with Crippen molar-refractivity contribution in [1.82, 2.24) is 0 Å².